The Balaban J connectivity index is 0.00000164. The van der Waals surface area contributed by atoms with Crippen molar-refractivity contribution in [2.24, 2.45) is 0 Å². The van der Waals surface area contributed by atoms with E-state index in [1.165, 1.54) is 18.2 Å². The van der Waals surface area contributed by atoms with Crippen molar-refractivity contribution in [1.82, 2.24) is 15.1 Å². The van der Waals surface area contributed by atoms with E-state index in [-0.39, 0.29) is 16.8 Å². The number of carbonyl (C=O) groups is 1. The molecule has 38 heavy (non-hydrogen) atoms. The highest BCUT2D eigenvalue weighted by molar-refractivity contribution is 5.95. The predicted molar refractivity (Wildman–Crippen MR) is 144 cm³/mol. The first-order valence-electron chi connectivity index (χ1n) is 12.4. The van der Waals surface area contributed by atoms with Gasteiger partial charge in [-0.05, 0) is 35.9 Å². The van der Waals surface area contributed by atoms with Gasteiger partial charge in [0.25, 0.3) is 17.2 Å². The monoisotopic (exact) mass is 517 g/mol. The molecule has 0 aliphatic carbocycles. The topological polar surface area (TPSA) is 112 Å². The number of halogens is 1. The number of nitro benzene ring substituents is 1. The number of fused-ring (bicyclic) bond motifs is 1. The fraction of sp³-hybridized carbons (Fsp3) is 0.250. The van der Waals surface area contributed by atoms with Gasteiger partial charge in [-0.3, -0.25) is 19.7 Å². The molecule has 1 aliphatic rings. The molecule has 3 aromatic carbocycles. The smallest absolute Gasteiger partial charge is 0.272 e. The van der Waals surface area contributed by atoms with Crippen molar-refractivity contribution in [3.8, 4) is 0 Å². The lowest BCUT2D eigenvalue weighted by Gasteiger charge is -2.36. The number of carbonyl (C=O) groups excluding carboxylic acids is 1. The van der Waals surface area contributed by atoms with E-state index < -0.39 is 16.6 Å². The van der Waals surface area contributed by atoms with Gasteiger partial charge in [0.15, 0.2) is 0 Å². The molecular weight excluding hydrogens is 489 g/mol. The van der Waals surface area contributed by atoms with Gasteiger partial charge < -0.3 is 9.80 Å². The van der Waals surface area contributed by atoms with Crippen LogP contribution in [0.2, 0.25) is 0 Å². The van der Waals surface area contributed by atoms with Gasteiger partial charge in [-0.15, -0.1) is 0 Å². The average molecular weight is 518 g/mol. The van der Waals surface area contributed by atoms with Crippen LogP contribution < -0.4 is 10.5 Å². The molecule has 1 aromatic heterocycles. The quantitative estimate of drug-likeness (QED) is 0.307. The highest BCUT2D eigenvalue weighted by atomic mass is 19.1. The minimum Gasteiger partial charge on any atom is -0.368 e. The molecular formula is C28H28FN5O4. The van der Waals surface area contributed by atoms with E-state index in [1.807, 2.05) is 30.9 Å². The molecule has 0 saturated carbocycles. The fourth-order valence-corrected chi connectivity index (χ4v) is 4.47. The third-order valence-corrected chi connectivity index (χ3v) is 6.40. The van der Waals surface area contributed by atoms with Crippen LogP contribution in [0.5, 0.6) is 0 Å². The molecule has 1 saturated heterocycles. The number of nitro groups is 1. The summed E-state index contributed by atoms with van der Waals surface area (Å²) in [5.74, 6) is -0.988. The Morgan fingerprint density at radius 2 is 1.66 bits per heavy atom. The zero-order valence-electron chi connectivity index (χ0n) is 21.2. The maximum atomic E-state index is 14.7. The molecule has 1 fully saturated rings. The molecule has 1 amide bonds. The molecule has 9 nitrogen and oxygen atoms in total. The van der Waals surface area contributed by atoms with Crippen LogP contribution in [0, 0.1) is 15.9 Å². The first kappa shape index (κ1) is 26.5. The summed E-state index contributed by atoms with van der Waals surface area (Å²) in [6, 6.07) is 17.8. The van der Waals surface area contributed by atoms with E-state index in [0.717, 1.165) is 5.69 Å². The van der Waals surface area contributed by atoms with Crippen molar-refractivity contribution in [3.05, 3.63) is 110 Å². The van der Waals surface area contributed by atoms with Crippen molar-refractivity contribution in [1.29, 1.82) is 0 Å². The van der Waals surface area contributed by atoms with Crippen LogP contribution in [0.1, 0.15) is 35.5 Å². The zero-order valence-corrected chi connectivity index (χ0v) is 21.2. The lowest BCUT2D eigenvalue weighted by molar-refractivity contribution is -0.384. The molecule has 1 N–H and O–H groups in total. The fourth-order valence-electron chi connectivity index (χ4n) is 4.47. The van der Waals surface area contributed by atoms with E-state index in [4.69, 9.17) is 0 Å². The van der Waals surface area contributed by atoms with Crippen LogP contribution >= 0.6 is 0 Å². The summed E-state index contributed by atoms with van der Waals surface area (Å²) in [6.45, 7) is 5.84. The second kappa shape index (κ2) is 11.6. The van der Waals surface area contributed by atoms with Gasteiger partial charge in [-0.2, -0.15) is 5.10 Å². The normalized spacial score (nSPS) is 13.1. The Hall–Kier alpha value is -4.60. The van der Waals surface area contributed by atoms with E-state index in [0.29, 0.717) is 54.6 Å². The van der Waals surface area contributed by atoms with Gasteiger partial charge in [-0.25, -0.2) is 9.49 Å². The van der Waals surface area contributed by atoms with E-state index in [2.05, 4.69) is 10.2 Å². The summed E-state index contributed by atoms with van der Waals surface area (Å²) in [6.07, 6.45) is 0.325. The van der Waals surface area contributed by atoms with Crippen LogP contribution in [-0.4, -0.2) is 52.1 Å². The van der Waals surface area contributed by atoms with Gasteiger partial charge in [0.1, 0.15) is 5.82 Å². The van der Waals surface area contributed by atoms with Crippen LogP contribution in [0.25, 0.3) is 10.8 Å². The van der Waals surface area contributed by atoms with Crippen molar-refractivity contribution >= 4 is 28.1 Å². The van der Waals surface area contributed by atoms with Crippen molar-refractivity contribution in [3.63, 3.8) is 0 Å². The third-order valence-electron chi connectivity index (χ3n) is 6.40. The number of hydrogen-bond donors (Lipinski definition) is 1. The Kier molecular flexibility index (Phi) is 8.10. The molecule has 2 heterocycles. The lowest BCUT2D eigenvalue weighted by Crippen LogP contribution is -2.49. The SMILES string of the molecule is CC.O=C(c1cc(Cc2n[nH]c(=O)c3ccccc23)ccc1F)N1CCN(c2ccc([N+](=O)[O-])cc2)CC1. The highest BCUT2D eigenvalue weighted by Crippen LogP contribution is 2.23. The number of H-pyrrole nitrogens is 1. The van der Waals surface area contributed by atoms with Crippen LogP contribution in [0.4, 0.5) is 15.8 Å². The zero-order chi connectivity index (χ0) is 27.2. The first-order valence-corrected chi connectivity index (χ1v) is 12.4. The summed E-state index contributed by atoms with van der Waals surface area (Å²) < 4.78 is 14.7. The van der Waals surface area contributed by atoms with Crippen LogP contribution in [0.15, 0.2) is 71.5 Å². The van der Waals surface area contributed by atoms with Gasteiger partial charge in [0.05, 0.1) is 21.6 Å². The summed E-state index contributed by atoms with van der Waals surface area (Å²) in [5.41, 5.74) is 1.90. The van der Waals surface area contributed by atoms with E-state index >= 15 is 0 Å². The standard InChI is InChI=1S/C26H22FN5O4.C2H6/c27-23-10-5-17(16-24-20-3-1-2-4-21(20)25(33)29-28-24)15-22(23)26(34)31-13-11-30(12-14-31)18-6-8-19(9-7-18)32(35)36;1-2/h1-10,15H,11-14,16H2,(H,29,33);1-2H3. The number of aromatic amines is 1. The molecule has 196 valence electrons. The minimum absolute atomic E-state index is 0.00924. The Labute approximate surface area is 218 Å². The number of anilines is 1. The van der Waals surface area contributed by atoms with Gasteiger partial charge in [-0.1, -0.05) is 38.1 Å². The minimum atomic E-state index is -0.596. The van der Waals surface area contributed by atoms with Gasteiger partial charge in [0, 0.05) is 55.8 Å². The maximum Gasteiger partial charge on any atom is 0.272 e. The number of hydrogen-bond acceptors (Lipinski definition) is 6. The van der Waals surface area contributed by atoms with Crippen molar-refractivity contribution < 1.29 is 14.1 Å². The number of nitrogens with one attached hydrogen (secondary N) is 1. The van der Waals surface area contributed by atoms with Crippen LogP contribution in [-0.2, 0) is 6.42 Å². The number of rotatable bonds is 5. The van der Waals surface area contributed by atoms with Crippen molar-refractivity contribution in [2.45, 2.75) is 20.3 Å². The Bertz CT molecular complexity index is 1510. The molecule has 1 aliphatic heterocycles. The largest absolute Gasteiger partial charge is 0.368 e. The van der Waals surface area contributed by atoms with Crippen LogP contribution in [0.3, 0.4) is 0 Å². The Morgan fingerprint density at radius 3 is 2.32 bits per heavy atom. The highest BCUT2D eigenvalue weighted by Gasteiger charge is 2.25. The second-order valence-corrected chi connectivity index (χ2v) is 8.59. The third kappa shape index (κ3) is 5.54. The Morgan fingerprint density at radius 1 is 1.00 bits per heavy atom. The molecule has 4 aromatic rings. The first-order chi connectivity index (χ1) is 18.4. The number of nitrogens with zero attached hydrogens (tertiary/aromatic N) is 4. The second-order valence-electron chi connectivity index (χ2n) is 8.59. The number of piperazine rings is 1. The van der Waals surface area contributed by atoms with E-state index in [1.54, 1.807) is 41.3 Å². The predicted octanol–water partition coefficient (Wildman–Crippen LogP) is 4.55. The van der Waals surface area contributed by atoms with Gasteiger partial charge >= 0.3 is 0 Å². The molecule has 0 spiro atoms. The molecule has 10 heteroatoms. The summed E-state index contributed by atoms with van der Waals surface area (Å²) >= 11 is 0. The number of non-ortho nitro benzene ring substituents is 1. The summed E-state index contributed by atoms with van der Waals surface area (Å²) in [5, 5.41) is 18.8. The molecule has 5 rings (SSSR count). The summed E-state index contributed by atoms with van der Waals surface area (Å²) in [4.78, 5) is 39.3. The lowest BCUT2D eigenvalue weighted by atomic mass is 10.0. The molecule has 0 radical (unpaired) electrons. The van der Waals surface area contributed by atoms with Crippen molar-refractivity contribution in [2.75, 3.05) is 31.1 Å². The average Bonchev–Trinajstić information content (AvgIpc) is 2.96. The number of benzene rings is 3. The molecule has 0 atom stereocenters. The number of amides is 1. The van der Waals surface area contributed by atoms with Gasteiger partial charge in [0.2, 0.25) is 0 Å². The number of aromatic nitrogens is 2. The molecule has 0 unspecified atom stereocenters. The summed E-state index contributed by atoms with van der Waals surface area (Å²) in [7, 11) is 0. The van der Waals surface area contributed by atoms with E-state index in [9.17, 15) is 24.1 Å². The maximum absolute atomic E-state index is 14.7. The molecule has 0 bridgehead atoms.